The zero-order valence-electron chi connectivity index (χ0n) is 31.1. The Labute approximate surface area is 300 Å². The molecule has 0 fully saturated rings. The average Bonchev–Trinajstić information content (AvgIpc) is 3.12. The van der Waals surface area contributed by atoms with Crippen molar-refractivity contribution in [2.45, 2.75) is 149 Å². The fraction of sp³-hybridized carbons (Fsp3) is 0.489. The van der Waals surface area contributed by atoms with Crippen LogP contribution in [0.1, 0.15) is 155 Å². The lowest BCUT2D eigenvalue weighted by molar-refractivity contribution is 0.530. The van der Waals surface area contributed by atoms with Gasteiger partial charge in [-0.3, -0.25) is 0 Å². The minimum atomic E-state index is 0.836. The highest BCUT2D eigenvalue weighted by molar-refractivity contribution is 5.43. The molecule has 0 aliphatic carbocycles. The monoisotopic (exact) mass is 659 g/mol. The normalized spacial score (nSPS) is 11.3. The summed E-state index contributed by atoms with van der Waals surface area (Å²) in [6, 6.07) is 30.9. The standard InChI is InChI=1S/C47H66N2/c1-3-42-36-40(34-38-24-30-46(48)31-25-38)22-28-44(42)20-18-16-14-12-10-8-6-5-7-9-11-13-15-17-19-21-45-29-23-41(37-43(45)4-2)35-39-26-32-47(49)33-27-39/h22-33,36-37H,3-21,34-35,48-49H2,1-2H3. The average molecular weight is 659 g/mol. The quantitative estimate of drug-likeness (QED) is 0.0581. The van der Waals surface area contributed by atoms with Crippen molar-refractivity contribution in [1.82, 2.24) is 0 Å². The molecule has 4 N–H and O–H groups in total. The van der Waals surface area contributed by atoms with Crippen molar-refractivity contribution in [1.29, 1.82) is 0 Å². The SMILES string of the molecule is CCc1cc(Cc2ccc(N)cc2)ccc1CCCCCCCCCCCCCCCCCc1ccc(Cc2ccc(N)cc2)cc1CC. The van der Waals surface area contributed by atoms with Gasteiger partial charge in [0.05, 0.1) is 0 Å². The number of nitrogens with two attached hydrogens (primary N) is 2. The van der Waals surface area contributed by atoms with Gasteiger partial charge < -0.3 is 11.5 Å². The third kappa shape index (κ3) is 14.5. The van der Waals surface area contributed by atoms with E-state index in [2.05, 4.69) is 74.5 Å². The molecule has 49 heavy (non-hydrogen) atoms. The summed E-state index contributed by atoms with van der Waals surface area (Å²) in [6.07, 6.45) is 27.7. The van der Waals surface area contributed by atoms with Gasteiger partial charge in [0, 0.05) is 11.4 Å². The van der Waals surface area contributed by atoms with E-state index < -0.39 is 0 Å². The van der Waals surface area contributed by atoms with Crippen LogP contribution in [-0.2, 0) is 38.5 Å². The van der Waals surface area contributed by atoms with Gasteiger partial charge in [-0.25, -0.2) is 0 Å². The van der Waals surface area contributed by atoms with E-state index in [-0.39, 0.29) is 0 Å². The van der Waals surface area contributed by atoms with E-state index in [1.807, 2.05) is 24.3 Å². The molecule has 0 heterocycles. The first-order valence-corrected chi connectivity index (χ1v) is 19.9. The summed E-state index contributed by atoms with van der Waals surface area (Å²) in [5.74, 6) is 0. The van der Waals surface area contributed by atoms with Gasteiger partial charge in [0.25, 0.3) is 0 Å². The lowest BCUT2D eigenvalue weighted by Crippen LogP contribution is -1.97. The summed E-state index contributed by atoms with van der Waals surface area (Å²) < 4.78 is 0. The number of unbranched alkanes of at least 4 members (excludes halogenated alkanes) is 14. The zero-order chi connectivity index (χ0) is 34.5. The molecule has 2 heteroatoms. The van der Waals surface area contributed by atoms with Gasteiger partial charge in [-0.15, -0.1) is 0 Å². The van der Waals surface area contributed by atoms with Gasteiger partial charge in [0.15, 0.2) is 0 Å². The van der Waals surface area contributed by atoms with Crippen molar-refractivity contribution in [2.75, 3.05) is 11.5 Å². The Morgan fingerprint density at radius 3 is 0.918 bits per heavy atom. The topological polar surface area (TPSA) is 52.0 Å². The molecule has 0 saturated carbocycles. The number of hydrogen-bond donors (Lipinski definition) is 2. The van der Waals surface area contributed by atoms with Crippen LogP contribution in [0.25, 0.3) is 0 Å². The second-order valence-corrected chi connectivity index (χ2v) is 14.6. The van der Waals surface area contributed by atoms with Crippen molar-refractivity contribution < 1.29 is 0 Å². The fourth-order valence-corrected chi connectivity index (χ4v) is 7.40. The van der Waals surface area contributed by atoms with Crippen molar-refractivity contribution in [3.63, 3.8) is 0 Å². The van der Waals surface area contributed by atoms with Crippen LogP contribution in [0, 0.1) is 0 Å². The minimum absolute atomic E-state index is 0.836. The lowest BCUT2D eigenvalue weighted by atomic mass is 9.94. The van der Waals surface area contributed by atoms with Crippen LogP contribution in [0.15, 0.2) is 84.9 Å². The fourth-order valence-electron chi connectivity index (χ4n) is 7.40. The van der Waals surface area contributed by atoms with Gasteiger partial charge in [-0.2, -0.15) is 0 Å². The summed E-state index contributed by atoms with van der Waals surface area (Å²) in [7, 11) is 0. The Kier molecular flexibility index (Phi) is 17.4. The summed E-state index contributed by atoms with van der Waals surface area (Å²) in [5, 5.41) is 0. The predicted molar refractivity (Wildman–Crippen MR) is 216 cm³/mol. The summed E-state index contributed by atoms with van der Waals surface area (Å²) in [6.45, 7) is 4.59. The first-order valence-electron chi connectivity index (χ1n) is 19.9. The molecule has 0 aliphatic heterocycles. The molecule has 4 aromatic carbocycles. The molecule has 4 rings (SSSR count). The van der Waals surface area contributed by atoms with Gasteiger partial charge in [0.1, 0.15) is 0 Å². The minimum Gasteiger partial charge on any atom is -0.399 e. The predicted octanol–water partition coefficient (Wildman–Crippen LogP) is 12.8. The van der Waals surface area contributed by atoms with Crippen LogP contribution >= 0.6 is 0 Å². The maximum Gasteiger partial charge on any atom is 0.0314 e. The number of rotatable bonds is 24. The first-order chi connectivity index (χ1) is 24.0. The largest absolute Gasteiger partial charge is 0.399 e. The molecule has 0 atom stereocenters. The van der Waals surface area contributed by atoms with Crippen LogP contribution in [0.2, 0.25) is 0 Å². The number of aryl methyl sites for hydroxylation is 4. The van der Waals surface area contributed by atoms with Crippen LogP contribution < -0.4 is 11.5 Å². The Hall–Kier alpha value is -3.52. The number of anilines is 2. The second kappa shape index (κ2) is 22.2. The van der Waals surface area contributed by atoms with Crippen molar-refractivity contribution in [2.24, 2.45) is 0 Å². The Morgan fingerprint density at radius 2 is 0.612 bits per heavy atom. The summed E-state index contributed by atoms with van der Waals surface area (Å²) in [4.78, 5) is 0. The van der Waals surface area contributed by atoms with Crippen LogP contribution in [0.5, 0.6) is 0 Å². The van der Waals surface area contributed by atoms with E-state index in [0.717, 1.165) is 37.1 Å². The molecule has 0 saturated heterocycles. The maximum absolute atomic E-state index is 5.85. The molecule has 264 valence electrons. The van der Waals surface area contributed by atoms with Gasteiger partial charge in [-0.05, 0) is 120 Å². The third-order valence-corrected chi connectivity index (χ3v) is 10.5. The van der Waals surface area contributed by atoms with Crippen LogP contribution in [0.4, 0.5) is 11.4 Å². The molecule has 0 spiro atoms. The number of nitrogen functional groups attached to an aromatic ring is 2. The second-order valence-electron chi connectivity index (χ2n) is 14.6. The summed E-state index contributed by atoms with van der Waals surface area (Å²) in [5.41, 5.74) is 25.0. The van der Waals surface area contributed by atoms with Gasteiger partial charge in [0.2, 0.25) is 0 Å². The van der Waals surface area contributed by atoms with Crippen molar-refractivity contribution in [3.05, 3.63) is 129 Å². The van der Waals surface area contributed by atoms with Crippen LogP contribution in [-0.4, -0.2) is 0 Å². The molecule has 4 aromatic rings. The van der Waals surface area contributed by atoms with E-state index in [1.165, 1.54) is 143 Å². The highest BCUT2D eigenvalue weighted by Crippen LogP contribution is 2.22. The molecule has 0 radical (unpaired) electrons. The molecular formula is C47H66N2. The van der Waals surface area contributed by atoms with E-state index in [1.54, 1.807) is 11.1 Å². The van der Waals surface area contributed by atoms with E-state index in [9.17, 15) is 0 Å². The molecule has 2 nitrogen and oxygen atoms in total. The Balaban J connectivity index is 0.946. The van der Waals surface area contributed by atoms with Gasteiger partial charge in [-0.1, -0.05) is 158 Å². The van der Waals surface area contributed by atoms with Crippen LogP contribution in [0.3, 0.4) is 0 Å². The molecular weight excluding hydrogens is 593 g/mol. The Morgan fingerprint density at radius 1 is 0.327 bits per heavy atom. The molecule has 0 unspecified atom stereocenters. The maximum atomic E-state index is 5.85. The molecule has 0 aliphatic rings. The highest BCUT2D eigenvalue weighted by Gasteiger charge is 2.06. The number of benzene rings is 4. The lowest BCUT2D eigenvalue weighted by Gasteiger charge is -2.11. The van der Waals surface area contributed by atoms with E-state index in [0.29, 0.717) is 0 Å². The molecule has 0 aromatic heterocycles. The summed E-state index contributed by atoms with van der Waals surface area (Å²) >= 11 is 0. The third-order valence-electron chi connectivity index (χ3n) is 10.5. The Bertz CT molecular complexity index is 1350. The smallest absolute Gasteiger partial charge is 0.0314 e. The highest BCUT2D eigenvalue weighted by atomic mass is 14.5. The van der Waals surface area contributed by atoms with E-state index in [4.69, 9.17) is 11.5 Å². The molecule has 0 amide bonds. The molecule has 0 bridgehead atoms. The van der Waals surface area contributed by atoms with Crippen molar-refractivity contribution >= 4 is 11.4 Å². The van der Waals surface area contributed by atoms with Crippen molar-refractivity contribution in [3.8, 4) is 0 Å². The zero-order valence-corrected chi connectivity index (χ0v) is 31.1. The number of hydrogen-bond acceptors (Lipinski definition) is 2. The first kappa shape index (κ1) is 38.3. The van der Waals surface area contributed by atoms with Gasteiger partial charge >= 0.3 is 0 Å². The van der Waals surface area contributed by atoms with E-state index >= 15 is 0 Å².